The molecule has 0 aromatic heterocycles. The number of nitrogens with zero attached hydrogens (tertiary/aromatic N) is 2. The largest absolute Gasteiger partial charge is 0.477 e. The number of nitro groups is 1. The molecule has 1 aliphatic rings. The van der Waals surface area contributed by atoms with E-state index in [2.05, 4.69) is 0 Å². The Morgan fingerprint density at radius 3 is 2.69 bits per heavy atom. The lowest BCUT2D eigenvalue weighted by molar-refractivity contribution is -0.385. The maximum Gasteiger partial charge on any atom is 0.311 e. The number of nitro benzene ring substituents is 1. The van der Waals surface area contributed by atoms with E-state index in [4.69, 9.17) is 4.74 Å². The monoisotopic (exact) mass is 384 g/mol. The Hall–Kier alpha value is -2.16. The Morgan fingerprint density at radius 2 is 2.15 bits per heavy atom. The average molecular weight is 384 g/mol. The van der Waals surface area contributed by atoms with Crippen molar-refractivity contribution in [3.05, 3.63) is 33.9 Å². The number of hydrogen-bond acceptors (Lipinski definition) is 6. The maximum atomic E-state index is 12.7. The molecular formula is C17H24N2O6S. The first-order valence-electron chi connectivity index (χ1n) is 8.54. The molecular weight excluding hydrogens is 360 g/mol. The van der Waals surface area contributed by atoms with Crippen LogP contribution in [-0.2, 0) is 14.6 Å². The SMILES string of the molecule is CC[C@@H](C)N(C(=O)COc1ccc(C)cc1[N+](=O)[O-])[C@H]1CCS(=O)(=O)C1. The van der Waals surface area contributed by atoms with Crippen molar-refractivity contribution in [3.8, 4) is 5.75 Å². The van der Waals surface area contributed by atoms with E-state index < -0.39 is 14.8 Å². The van der Waals surface area contributed by atoms with Crippen molar-refractivity contribution < 1.29 is 22.9 Å². The van der Waals surface area contributed by atoms with Gasteiger partial charge in [-0.25, -0.2) is 8.42 Å². The van der Waals surface area contributed by atoms with E-state index in [-0.39, 0.29) is 47.5 Å². The van der Waals surface area contributed by atoms with Crippen LogP contribution in [0.1, 0.15) is 32.3 Å². The maximum absolute atomic E-state index is 12.7. The Balaban J connectivity index is 2.14. The minimum atomic E-state index is -3.13. The van der Waals surface area contributed by atoms with Crippen molar-refractivity contribution in [2.24, 2.45) is 0 Å². The molecule has 9 heteroatoms. The number of hydrogen-bond donors (Lipinski definition) is 0. The van der Waals surface area contributed by atoms with Crippen molar-refractivity contribution in [1.82, 2.24) is 4.90 Å². The molecule has 0 saturated carbocycles. The number of carbonyl (C=O) groups excluding carboxylic acids is 1. The molecule has 2 atom stereocenters. The van der Waals surface area contributed by atoms with Crippen LogP contribution in [0.5, 0.6) is 5.75 Å². The van der Waals surface area contributed by atoms with Gasteiger partial charge in [0, 0.05) is 18.2 Å². The van der Waals surface area contributed by atoms with Crippen molar-refractivity contribution in [1.29, 1.82) is 0 Å². The third kappa shape index (κ3) is 4.72. The first-order chi connectivity index (χ1) is 12.1. The van der Waals surface area contributed by atoms with Crippen LogP contribution in [0.3, 0.4) is 0 Å². The zero-order valence-corrected chi connectivity index (χ0v) is 16.0. The molecule has 1 saturated heterocycles. The summed E-state index contributed by atoms with van der Waals surface area (Å²) >= 11 is 0. The lowest BCUT2D eigenvalue weighted by Gasteiger charge is -2.33. The van der Waals surface area contributed by atoms with Crippen molar-refractivity contribution in [2.75, 3.05) is 18.1 Å². The molecule has 1 aromatic carbocycles. The number of rotatable bonds is 7. The molecule has 0 bridgehead atoms. The highest BCUT2D eigenvalue weighted by Crippen LogP contribution is 2.28. The van der Waals surface area contributed by atoms with Gasteiger partial charge in [-0.3, -0.25) is 14.9 Å². The minimum absolute atomic E-state index is 0.0251. The summed E-state index contributed by atoms with van der Waals surface area (Å²) in [6.45, 7) is 5.13. The smallest absolute Gasteiger partial charge is 0.311 e. The van der Waals surface area contributed by atoms with Crippen LogP contribution < -0.4 is 4.74 Å². The van der Waals surface area contributed by atoms with E-state index >= 15 is 0 Å². The van der Waals surface area contributed by atoms with Gasteiger partial charge in [0.25, 0.3) is 5.91 Å². The lowest BCUT2D eigenvalue weighted by Crippen LogP contribution is -2.48. The molecule has 1 fully saturated rings. The molecule has 0 unspecified atom stereocenters. The predicted molar refractivity (Wildman–Crippen MR) is 97.0 cm³/mol. The Kier molecular flexibility index (Phi) is 6.22. The zero-order chi connectivity index (χ0) is 19.5. The van der Waals surface area contributed by atoms with Gasteiger partial charge in [0.2, 0.25) is 0 Å². The molecule has 1 aromatic rings. The fourth-order valence-corrected chi connectivity index (χ4v) is 4.82. The highest BCUT2D eigenvalue weighted by Gasteiger charge is 2.36. The first-order valence-corrected chi connectivity index (χ1v) is 10.4. The van der Waals surface area contributed by atoms with Crippen LogP contribution in [-0.4, -0.2) is 54.3 Å². The van der Waals surface area contributed by atoms with Crippen LogP contribution in [0.15, 0.2) is 18.2 Å². The van der Waals surface area contributed by atoms with Gasteiger partial charge in [-0.2, -0.15) is 0 Å². The van der Waals surface area contributed by atoms with Crippen LogP contribution >= 0.6 is 0 Å². The Morgan fingerprint density at radius 1 is 1.46 bits per heavy atom. The standard InChI is InChI=1S/C17H24N2O6S/c1-4-13(3)18(14-7-8-26(23,24)11-14)17(20)10-25-16-6-5-12(2)9-15(16)19(21)22/h5-6,9,13-14H,4,7-8,10-11H2,1-3H3/t13-,14+/m1/s1. The predicted octanol–water partition coefficient (Wildman–Crippen LogP) is 2.10. The fraction of sp³-hybridized carbons (Fsp3) is 0.588. The molecule has 0 radical (unpaired) electrons. The summed E-state index contributed by atoms with van der Waals surface area (Å²) in [5, 5.41) is 11.2. The Labute approximate surface area is 153 Å². The molecule has 0 aliphatic carbocycles. The molecule has 0 spiro atoms. The summed E-state index contributed by atoms with van der Waals surface area (Å²) in [4.78, 5) is 24.9. The second-order valence-corrected chi connectivity index (χ2v) is 8.86. The summed E-state index contributed by atoms with van der Waals surface area (Å²) in [6, 6.07) is 4.00. The fourth-order valence-electron chi connectivity index (χ4n) is 3.11. The van der Waals surface area contributed by atoms with Gasteiger partial charge in [0.05, 0.1) is 16.4 Å². The second kappa shape index (κ2) is 8.03. The van der Waals surface area contributed by atoms with Gasteiger partial charge >= 0.3 is 5.69 Å². The highest BCUT2D eigenvalue weighted by atomic mass is 32.2. The molecule has 1 aliphatic heterocycles. The third-order valence-corrected chi connectivity index (χ3v) is 6.37. The number of sulfone groups is 1. The van der Waals surface area contributed by atoms with Crippen LogP contribution in [0.2, 0.25) is 0 Å². The van der Waals surface area contributed by atoms with E-state index in [1.54, 1.807) is 17.9 Å². The molecule has 0 N–H and O–H groups in total. The van der Waals surface area contributed by atoms with Gasteiger partial charge in [-0.15, -0.1) is 0 Å². The summed E-state index contributed by atoms with van der Waals surface area (Å²) in [7, 11) is -3.13. The molecule has 1 amide bonds. The van der Waals surface area contributed by atoms with Crippen molar-refractivity contribution in [2.45, 2.75) is 45.7 Å². The average Bonchev–Trinajstić information content (AvgIpc) is 2.92. The number of aryl methyl sites for hydroxylation is 1. The second-order valence-electron chi connectivity index (χ2n) is 6.63. The number of carbonyl (C=O) groups is 1. The molecule has 26 heavy (non-hydrogen) atoms. The number of benzene rings is 1. The van der Waals surface area contributed by atoms with Gasteiger partial charge in [0.1, 0.15) is 0 Å². The van der Waals surface area contributed by atoms with E-state index in [9.17, 15) is 23.3 Å². The normalized spacial score (nSPS) is 19.7. The van der Waals surface area contributed by atoms with Crippen LogP contribution in [0.4, 0.5) is 5.69 Å². The summed E-state index contributed by atoms with van der Waals surface area (Å²) in [5.41, 5.74) is 0.518. The third-order valence-electron chi connectivity index (χ3n) is 4.62. The zero-order valence-electron chi connectivity index (χ0n) is 15.2. The summed E-state index contributed by atoms with van der Waals surface area (Å²) < 4.78 is 29.0. The van der Waals surface area contributed by atoms with Crippen LogP contribution in [0.25, 0.3) is 0 Å². The number of ether oxygens (including phenoxy) is 1. The topological polar surface area (TPSA) is 107 Å². The number of amides is 1. The van der Waals surface area contributed by atoms with E-state index in [0.717, 1.165) is 0 Å². The summed E-state index contributed by atoms with van der Waals surface area (Å²) in [6.07, 6.45) is 1.08. The van der Waals surface area contributed by atoms with Gasteiger partial charge < -0.3 is 9.64 Å². The van der Waals surface area contributed by atoms with Gasteiger partial charge in [-0.1, -0.05) is 13.0 Å². The highest BCUT2D eigenvalue weighted by molar-refractivity contribution is 7.91. The van der Waals surface area contributed by atoms with Crippen molar-refractivity contribution in [3.63, 3.8) is 0 Å². The van der Waals surface area contributed by atoms with Gasteiger partial charge in [0.15, 0.2) is 22.2 Å². The minimum Gasteiger partial charge on any atom is -0.477 e. The molecule has 8 nitrogen and oxygen atoms in total. The molecule has 2 rings (SSSR count). The molecule has 144 valence electrons. The quantitative estimate of drug-likeness (QED) is 0.526. The van der Waals surface area contributed by atoms with E-state index in [1.807, 2.05) is 13.8 Å². The lowest BCUT2D eigenvalue weighted by atomic mass is 10.1. The van der Waals surface area contributed by atoms with Crippen LogP contribution in [0, 0.1) is 17.0 Å². The summed E-state index contributed by atoms with van der Waals surface area (Å²) in [5.74, 6) is -0.316. The Bertz CT molecular complexity index is 792. The first kappa shape index (κ1) is 20.2. The van der Waals surface area contributed by atoms with Crippen molar-refractivity contribution >= 4 is 21.4 Å². The van der Waals surface area contributed by atoms with E-state index in [1.165, 1.54) is 12.1 Å². The van der Waals surface area contributed by atoms with E-state index in [0.29, 0.717) is 18.4 Å². The van der Waals surface area contributed by atoms with Gasteiger partial charge in [-0.05, 0) is 38.3 Å². The molecule has 1 heterocycles.